The molecule has 2 aromatic rings. The first-order valence-electron chi connectivity index (χ1n) is 5.81. The number of phenolic OH excluding ortho intramolecular Hbond substituents is 1. The second-order valence-electron chi connectivity index (χ2n) is 4.32. The molecule has 0 spiro atoms. The smallest absolute Gasteiger partial charge is 0.140 e. The SMILES string of the molecule is Cc1cccc(NC(C#N)c2cc(O)cc(F)c2)c1. The highest BCUT2D eigenvalue weighted by Gasteiger charge is 2.12. The van der Waals surface area contributed by atoms with Crippen LogP contribution in [0.2, 0.25) is 0 Å². The summed E-state index contributed by atoms with van der Waals surface area (Å²) < 4.78 is 13.2. The van der Waals surface area contributed by atoms with Crippen molar-refractivity contribution in [1.29, 1.82) is 5.26 Å². The van der Waals surface area contributed by atoms with Gasteiger partial charge in [-0.1, -0.05) is 12.1 Å². The average molecular weight is 256 g/mol. The molecule has 0 bridgehead atoms. The van der Waals surface area contributed by atoms with Gasteiger partial charge in [-0.25, -0.2) is 4.39 Å². The highest BCUT2D eigenvalue weighted by Crippen LogP contribution is 2.24. The van der Waals surface area contributed by atoms with Crippen LogP contribution in [0.1, 0.15) is 17.2 Å². The molecule has 0 amide bonds. The molecule has 4 heteroatoms. The van der Waals surface area contributed by atoms with Crippen molar-refractivity contribution in [2.24, 2.45) is 0 Å². The van der Waals surface area contributed by atoms with Gasteiger partial charge in [-0.05, 0) is 42.3 Å². The highest BCUT2D eigenvalue weighted by molar-refractivity contribution is 5.49. The number of hydrogen-bond donors (Lipinski definition) is 2. The van der Waals surface area contributed by atoms with Crippen LogP contribution in [0.15, 0.2) is 42.5 Å². The predicted octanol–water partition coefficient (Wildman–Crippen LogP) is 3.52. The average Bonchev–Trinajstić information content (AvgIpc) is 2.34. The third-order valence-electron chi connectivity index (χ3n) is 2.70. The number of halogens is 1. The number of nitrogens with one attached hydrogen (secondary N) is 1. The molecule has 3 nitrogen and oxygen atoms in total. The number of rotatable bonds is 3. The molecule has 0 saturated carbocycles. The number of nitrogens with zero attached hydrogens (tertiary/aromatic N) is 1. The molecular formula is C15H13FN2O. The first-order chi connectivity index (χ1) is 9.08. The van der Waals surface area contributed by atoms with Crippen LogP contribution in [0.5, 0.6) is 5.75 Å². The maximum atomic E-state index is 13.2. The quantitative estimate of drug-likeness (QED) is 0.883. The molecule has 0 aliphatic carbocycles. The zero-order chi connectivity index (χ0) is 13.8. The summed E-state index contributed by atoms with van der Waals surface area (Å²) >= 11 is 0. The molecule has 1 atom stereocenters. The van der Waals surface area contributed by atoms with Gasteiger partial charge < -0.3 is 10.4 Å². The van der Waals surface area contributed by atoms with Crippen molar-refractivity contribution >= 4 is 5.69 Å². The van der Waals surface area contributed by atoms with Crippen LogP contribution in [0.4, 0.5) is 10.1 Å². The Bertz CT molecular complexity index is 614. The Balaban J connectivity index is 2.28. The topological polar surface area (TPSA) is 56.0 Å². The molecule has 2 aromatic carbocycles. The fraction of sp³-hybridized carbons (Fsp3) is 0.133. The molecular weight excluding hydrogens is 243 g/mol. The van der Waals surface area contributed by atoms with Crippen molar-refractivity contribution in [1.82, 2.24) is 0 Å². The van der Waals surface area contributed by atoms with Crippen molar-refractivity contribution in [3.05, 3.63) is 59.4 Å². The molecule has 2 rings (SSSR count). The van der Waals surface area contributed by atoms with Crippen molar-refractivity contribution in [2.45, 2.75) is 13.0 Å². The van der Waals surface area contributed by atoms with Gasteiger partial charge in [0.1, 0.15) is 17.6 Å². The summed E-state index contributed by atoms with van der Waals surface area (Å²) in [4.78, 5) is 0. The summed E-state index contributed by atoms with van der Waals surface area (Å²) in [6, 6.07) is 12.5. The largest absolute Gasteiger partial charge is 0.508 e. The fourth-order valence-corrected chi connectivity index (χ4v) is 1.85. The number of phenols is 1. The predicted molar refractivity (Wildman–Crippen MR) is 71.2 cm³/mol. The number of nitriles is 1. The minimum absolute atomic E-state index is 0.193. The fourth-order valence-electron chi connectivity index (χ4n) is 1.85. The lowest BCUT2D eigenvalue weighted by atomic mass is 10.1. The van der Waals surface area contributed by atoms with Crippen molar-refractivity contribution in [2.75, 3.05) is 5.32 Å². The molecule has 96 valence electrons. The normalized spacial score (nSPS) is 11.6. The minimum Gasteiger partial charge on any atom is -0.508 e. The summed E-state index contributed by atoms with van der Waals surface area (Å²) in [5.41, 5.74) is 2.22. The van der Waals surface area contributed by atoms with Gasteiger partial charge in [0.25, 0.3) is 0 Å². The monoisotopic (exact) mass is 256 g/mol. The zero-order valence-corrected chi connectivity index (χ0v) is 10.4. The Morgan fingerprint density at radius 3 is 2.68 bits per heavy atom. The van der Waals surface area contributed by atoms with Crippen molar-refractivity contribution in [3.8, 4) is 11.8 Å². The third kappa shape index (κ3) is 3.23. The van der Waals surface area contributed by atoms with E-state index in [0.717, 1.165) is 17.3 Å². The van der Waals surface area contributed by atoms with E-state index in [0.29, 0.717) is 5.56 Å². The van der Waals surface area contributed by atoms with Gasteiger partial charge in [0.2, 0.25) is 0 Å². The second kappa shape index (κ2) is 5.40. The van der Waals surface area contributed by atoms with Gasteiger partial charge in [0.05, 0.1) is 6.07 Å². The van der Waals surface area contributed by atoms with Crippen LogP contribution in [-0.4, -0.2) is 5.11 Å². The second-order valence-corrected chi connectivity index (χ2v) is 4.32. The zero-order valence-electron chi connectivity index (χ0n) is 10.4. The lowest BCUT2D eigenvalue weighted by Crippen LogP contribution is -2.08. The summed E-state index contributed by atoms with van der Waals surface area (Å²) in [7, 11) is 0. The lowest BCUT2D eigenvalue weighted by molar-refractivity contribution is 0.468. The molecule has 0 aliphatic heterocycles. The van der Waals surface area contributed by atoms with Crippen molar-refractivity contribution in [3.63, 3.8) is 0 Å². The standard InChI is InChI=1S/C15H13FN2O/c1-10-3-2-4-13(5-10)18-15(9-17)11-6-12(16)8-14(19)7-11/h2-8,15,18-19H,1H3. The number of hydrogen-bond acceptors (Lipinski definition) is 3. The van der Waals surface area contributed by atoms with E-state index in [1.165, 1.54) is 12.1 Å². The Labute approximate surface area is 110 Å². The van der Waals surface area contributed by atoms with E-state index in [4.69, 9.17) is 0 Å². The molecule has 0 heterocycles. The molecule has 0 aliphatic rings. The molecule has 0 fully saturated rings. The maximum Gasteiger partial charge on any atom is 0.140 e. The first kappa shape index (κ1) is 12.9. The van der Waals surface area contributed by atoms with Gasteiger partial charge in [-0.15, -0.1) is 0 Å². The van der Waals surface area contributed by atoms with E-state index in [2.05, 4.69) is 11.4 Å². The van der Waals surface area contributed by atoms with E-state index in [-0.39, 0.29) is 5.75 Å². The number of aromatic hydroxyl groups is 1. The van der Waals surface area contributed by atoms with Crippen LogP contribution in [0.25, 0.3) is 0 Å². The summed E-state index contributed by atoms with van der Waals surface area (Å²) in [6.45, 7) is 1.95. The van der Waals surface area contributed by atoms with Gasteiger partial charge >= 0.3 is 0 Å². The molecule has 0 aromatic heterocycles. The third-order valence-corrected chi connectivity index (χ3v) is 2.70. The Kier molecular flexibility index (Phi) is 3.67. The number of benzene rings is 2. The van der Waals surface area contributed by atoms with Gasteiger partial charge in [-0.2, -0.15) is 5.26 Å². The maximum absolute atomic E-state index is 13.2. The molecule has 0 saturated heterocycles. The van der Waals surface area contributed by atoms with E-state index < -0.39 is 11.9 Å². The van der Waals surface area contributed by atoms with E-state index in [1.807, 2.05) is 31.2 Å². The molecule has 0 radical (unpaired) electrons. The van der Waals surface area contributed by atoms with E-state index >= 15 is 0 Å². The first-order valence-corrected chi connectivity index (χ1v) is 5.81. The summed E-state index contributed by atoms with van der Waals surface area (Å²) in [5.74, 6) is -0.761. The Hall–Kier alpha value is -2.54. The molecule has 19 heavy (non-hydrogen) atoms. The van der Waals surface area contributed by atoms with Crippen LogP contribution >= 0.6 is 0 Å². The van der Waals surface area contributed by atoms with Crippen LogP contribution in [0, 0.1) is 24.1 Å². The number of aryl methyl sites for hydroxylation is 1. The van der Waals surface area contributed by atoms with Gasteiger partial charge in [0, 0.05) is 11.8 Å². The van der Waals surface area contributed by atoms with E-state index in [9.17, 15) is 14.8 Å². The number of anilines is 1. The minimum atomic E-state index is -0.719. The highest BCUT2D eigenvalue weighted by atomic mass is 19.1. The van der Waals surface area contributed by atoms with Crippen LogP contribution < -0.4 is 5.32 Å². The van der Waals surface area contributed by atoms with E-state index in [1.54, 1.807) is 0 Å². The summed E-state index contributed by atoms with van der Waals surface area (Å²) in [5, 5.41) is 21.5. The van der Waals surface area contributed by atoms with Gasteiger partial charge in [-0.3, -0.25) is 0 Å². The van der Waals surface area contributed by atoms with Crippen molar-refractivity contribution < 1.29 is 9.50 Å². The molecule has 1 unspecified atom stereocenters. The molecule has 2 N–H and O–H groups in total. The van der Waals surface area contributed by atoms with Gasteiger partial charge in [0.15, 0.2) is 0 Å². The lowest BCUT2D eigenvalue weighted by Gasteiger charge is -2.14. The van der Waals surface area contributed by atoms with Crippen LogP contribution in [-0.2, 0) is 0 Å². The Morgan fingerprint density at radius 2 is 2.05 bits per heavy atom. The Morgan fingerprint density at radius 1 is 1.26 bits per heavy atom. The summed E-state index contributed by atoms with van der Waals surface area (Å²) in [6.07, 6.45) is 0. The van der Waals surface area contributed by atoms with Crippen LogP contribution in [0.3, 0.4) is 0 Å².